The number of carbonyl (C=O) groups excluding carboxylic acids is 1. The Bertz CT molecular complexity index is 373. The summed E-state index contributed by atoms with van der Waals surface area (Å²) >= 11 is 0. The highest BCUT2D eigenvalue weighted by Gasteiger charge is 2.44. The van der Waals surface area contributed by atoms with Gasteiger partial charge in [0.1, 0.15) is 0 Å². The maximum Gasteiger partial charge on any atom is 0.435 e. The number of hydrogen-bond acceptors (Lipinski definition) is 5. The number of amides is 1. The smallest absolute Gasteiger partial charge is 0.365 e. The second-order valence-corrected chi connectivity index (χ2v) is 5.76. The lowest BCUT2D eigenvalue weighted by Gasteiger charge is -2.36. The minimum Gasteiger partial charge on any atom is -0.365 e. The van der Waals surface area contributed by atoms with Gasteiger partial charge in [0, 0.05) is 33.6 Å². The third kappa shape index (κ3) is 3.25. The van der Waals surface area contributed by atoms with Gasteiger partial charge in [-0.15, -0.1) is 0 Å². The van der Waals surface area contributed by atoms with E-state index in [0.29, 0.717) is 0 Å². The maximum atomic E-state index is 11.4. The highest BCUT2D eigenvalue weighted by Crippen LogP contribution is 2.37. The zero-order valence-corrected chi connectivity index (χ0v) is 12.2. The molecule has 2 fully saturated rings. The summed E-state index contributed by atoms with van der Waals surface area (Å²) in [6.07, 6.45) is 2.26. The fourth-order valence-electron chi connectivity index (χ4n) is 2.56. The molecule has 1 amide bonds. The van der Waals surface area contributed by atoms with Crippen molar-refractivity contribution in [2.75, 3.05) is 34.2 Å². The van der Waals surface area contributed by atoms with E-state index in [1.807, 2.05) is 6.92 Å². The normalized spacial score (nSPS) is 28.8. The molecule has 0 aliphatic carbocycles. The van der Waals surface area contributed by atoms with E-state index >= 15 is 0 Å². The summed E-state index contributed by atoms with van der Waals surface area (Å²) in [5.41, 5.74) is 0.731. The van der Waals surface area contributed by atoms with Crippen LogP contribution in [0.15, 0.2) is 5.16 Å². The summed E-state index contributed by atoms with van der Waals surface area (Å²) in [4.78, 5) is 19.9. The highest BCUT2D eigenvalue weighted by molar-refractivity contribution is 5.91. The summed E-state index contributed by atoms with van der Waals surface area (Å²) in [6.45, 7) is 4.05. The minimum atomic E-state index is -0.455. The van der Waals surface area contributed by atoms with Crippen molar-refractivity contribution >= 4 is 11.8 Å². The lowest BCUT2D eigenvalue weighted by atomic mass is 9.88. The second-order valence-electron chi connectivity index (χ2n) is 5.76. The van der Waals surface area contributed by atoms with Crippen molar-refractivity contribution in [2.24, 2.45) is 5.16 Å². The molecule has 1 spiro atoms. The Kier molecular flexibility index (Phi) is 4.10. The van der Waals surface area contributed by atoms with Crippen molar-refractivity contribution in [3.05, 3.63) is 0 Å². The van der Waals surface area contributed by atoms with Gasteiger partial charge < -0.3 is 14.5 Å². The summed E-state index contributed by atoms with van der Waals surface area (Å²) in [7, 11) is 5.39. The lowest BCUT2D eigenvalue weighted by molar-refractivity contribution is -0.0657. The topological polar surface area (TPSA) is 54.4 Å². The molecule has 6 nitrogen and oxygen atoms in total. The summed E-state index contributed by atoms with van der Waals surface area (Å²) in [5.74, 6) is 0. The average molecular weight is 269 g/mol. The number of rotatable bonds is 1. The molecule has 6 heteroatoms. The van der Waals surface area contributed by atoms with Crippen LogP contribution < -0.4 is 0 Å². The molecular weight excluding hydrogens is 246 g/mol. The summed E-state index contributed by atoms with van der Waals surface area (Å²) in [5, 5.41) is 3.98. The van der Waals surface area contributed by atoms with Crippen LogP contribution in [0.5, 0.6) is 0 Å². The molecule has 2 aliphatic heterocycles. The molecule has 108 valence electrons. The van der Waals surface area contributed by atoms with E-state index in [0.717, 1.165) is 38.1 Å². The van der Waals surface area contributed by atoms with Crippen LogP contribution in [0, 0.1) is 0 Å². The highest BCUT2D eigenvalue weighted by atomic mass is 16.7. The monoisotopic (exact) mass is 269 g/mol. The zero-order valence-electron chi connectivity index (χ0n) is 12.2. The van der Waals surface area contributed by atoms with Crippen molar-refractivity contribution < 1.29 is 14.4 Å². The van der Waals surface area contributed by atoms with Crippen LogP contribution in [0.4, 0.5) is 4.79 Å². The molecule has 19 heavy (non-hydrogen) atoms. The Hall–Kier alpha value is -1.14. The third-order valence-electron chi connectivity index (χ3n) is 3.90. The molecule has 0 aromatic rings. The van der Waals surface area contributed by atoms with E-state index in [9.17, 15) is 4.79 Å². The molecule has 1 unspecified atom stereocenters. The van der Waals surface area contributed by atoms with E-state index in [4.69, 9.17) is 9.57 Å². The molecule has 0 saturated carbocycles. The molecule has 2 saturated heterocycles. The largest absolute Gasteiger partial charge is 0.435 e. The van der Waals surface area contributed by atoms with Gasteiger partial charge in [0.25, 0.3) is 0 Å². The first kappa shape index (κ1) is 14.3. The molecule has 2 aliphatic rings. The fraction of sp³-hybridized carbons (Fsp3) is 0.846. The SMILES string of the molecule is CC1OC2(CCN(C)CC2)C/C1=N\OC(=O)N(C)C. The average Bonchev–Trinajstić information content (AvgIpc) is 2.67. The van der Waals surface area contributed by atoms with E-state index in [-0.39, 0.29) is 11.7 Å². The number of nitrogens with zero attached hydrogens (tertiary/aromatic N) is 3. The molecule has 0 radical (unpaired) electrons. The Balaban J connectivity index is 1.97. The van der Waals surface area contributed by atoms with Crippen molar-refractivity contribution in [3.63, 3.8) is 0 Å². The molecule has 2 heterocycles. The first-order valence-electron chi connectivity index (χ1n) is 6.73. The van der Waals surface area contributed by atoms with E-state index < -0.39 is 6.09 Å². The Morgan fingerprint density at radius 3 is 2.68 bits per heavy atom. The molecule has 0 N–H and O–H groups in total. The number of ether oxygens (including phenoxy) is 1. The van der Waals surface area contributed by atoms with E-state index in [1.165, 1.54) is 4.90 Å². The lowest BCUT2D eigenvalue weighted by Crippen LogP contribution is -2.42. The Labute approximate surface area is 114 Å². The fourth-order valence-corrected chi connectivity index (χ4v) is 2.56. The van der Waals surface area contributed by atoms with Crippen molar-refractivity contribution in [2.45, 2.75) is 37.9 Å². The van der Waals surface area contributed by atoms with Crippen LogP contribution in [0.1, 0.15) is 26.2 Å². The summed E-state index contributed by atoms with van der Waals surface area (Å²) in [6, 6.07) is 0. The van der Waals surface area contributed by atoms with Crippen molar-refractivity contribution in [1.82, 2.24) is 9.80 Å². The Morgan fingerprint density at radius 2 is 2.11 bits per heavy atom. The van der Waals surface area contributed by atoms with Crippen LogP contribution in [0.3, 0.4) is 0 Å². The molecule has 0 bridgehead atoms. The van der Waals surface area contributed by atoms with Gasteiger partial charge in [-0.1, -0.05) is 5.16 Å². The quantitative estimate of drug-likeness (QED) is 0.532. The minimum absolute atomic E-state index is 0.0710. The third-order valence-corrected chi connectivity index (χ3v) is 3.90. The predicted octanol–water partition coefficient (Wildman–Crippen LogP) is 1.31. The predicted molar refractivity (Wildman–Crippen MR) is 72.2 cm³/mol. The van der Waals surface area contributed by atoms with Gasteiger partial charge in [0.2, 0.25) is 0 Å². The van der Waals surface area contributed by atoms with Crippen LogP contribution in [0.25, 0.3) is 0 Å². The van der Waals surface area contributed by atoms with Gasteiger partial charge in [-0.05, 0) is 26.8 Å². The number of carbonyl (C=O) groups is 1. The number of likely N-dealkylation sites (tertiary alicyclic amines) is 1. The zero-order chi connectivity index (χ0) is 14.0. The van der Waals surface area contributed by atoms with Gasteiger partial charge in [-0.3, -0.25) is 4.84 Å². The van der Waals surface area contributed by atoms with Gasteiger partial charge in [0.15, 0.2) is 0 Å². The van der Waals surface area contributed by atoms with Crippen LogP contribution in [-0.4, -0.2) is 67.5 Å². The first-order valence-corrected chi connectivity index (χ1v) is 6.73. The van der Waals surface area contributed by atoms with Gasteiger partial charge in [-0.2, -0.15) is 0 Å². The molecule has 0 aromatic carbocycles. The van der Waals surface area contributed by atoms with Gasteiger partial charge in [-0.25, -0.2) is 4.79 Å². The first-order chi connectivity index (χ1) is 8.92. The molecule has 2 rings (SSSR count). The van der Waals surface area contributed by atoms with Crippen LogP contribution in [0.2, 0.25) is 0 Å². The number of oxime groups is 1. The standard InChI is InChI=1S/C13H23N3O3/c1-10-11(14-19-12(17)15(2)3)9-13(18-10)5-7-16(4)8-6-13/h10H,5-9H2,1-4H3/b14-11+. The van der Waals surface area contributed by atoms with Crippen molar-refractivity contribution in [3.8, 4) is 0 Å². The number of hydrogen-bond donors (Lipinski definition) is 0. The molecular formula is C13H23N3O3. The van der Waals surface area contributed by atoms with Crippen LogP contribution >= 0.6 is 0 Å². The maximum absolute atomic E-state index is 11.4. The van der Waals surface area contributed by atoms with Crippen LogP contribution in [-0.2, 0) is 9.57 Å². The Morgan fingerprint density at radius 1 is 1.47 bits per heavy atom. The summed E-state index contributed by atoms with van der Waals surface area (Å²) < 4.78 is 6.08. The van der Waals surface area contributed by atoms with Gasteiger partial charge in [0.05, 0.1) is 17.4 Å². The number of piperidine rings is 1. The second kappa shape index (κ2) is 5.46. The van der Waals surface area contributed by atoms with E-state index in [2.05, 4.69) is 17.1 Å². The van der Waals surface area contributed by atoms with Gasteiger partial charge >= 0.3 is 6.09 Å². The van der Waals surface area contributed by atoms with E-state index in [1.54, 1.807) is 14.1 Å². The molecule has 0 aromatic heterocycles. The van der Waals surface area contributed by atoms with Crippen molar-refractivity contribution in [1.29, 1.82) is 0 Å². The molecule has 1 atom stereocenters.